The number of hydrogen-bond acceptors (Lipinski definition) is 2. The van der Waals surface area contributed by atoms with Gasteiger partial charge >= 0.3 is 0 Å². The number of amides is 1. The molecule has 0 saturated heterocycles. The molecule has 0 fully saturated rings. The van der Waals surface area contributed by atoms with Gasteiger partial charge in [0.15, 0.2) is 0 Å². The summed E-state index contributed by atoms with van der Waals surface area (Å²) in [5.41, 5.74) is 4.97. The average molecular weight is 402 g/mol. The molecule has 0 aliphatic carbocycles. The van der Waals surface area contributed by atoms with Gasteiger partial charge in [0.25, 0.3) is 5.91 Å². The fraction of sp³-hybridized carbons (Fsp3) is 0.167. The van der Waals surface area contributed by atoms with Crippen molar-refractivity contribution >= 4 is 34.1 Å². The summed E-state index contributed by atoms with van der Waals surface area (Å²) in [4.78, 5) is 15.3. The summed E-state index contributed by atoms with van der Waals surface area (Å²) >= 11 is 6.28. The van der Waals surface area contributed by atoms with Crippen molar-refractivity contribution in [1.82, 2.24) is 9.78 Å². The van der Waals surface area contributed by atoms with Gasteiger partial charge in [-0.1, -0.05) is 60.1 Å². The van der Waals surface area contributed by atoms with E-state index in [0.717, 1.165) is 34.3 Å². The van der Waals surface area contributed by atoms with Gasteiger partial charge in [0.1, 0.15) is 11.7 Å². The SMILES string of the molecule is CC(C(=O)N1CCc2ccccc21)n1nc(-c2ccccc2)c2cc(Cl)ccc21. The topological polar surface area (TPSA) is 38.1 Å². The van der Waals surface area contributed by atoms with E-state index in [1.54, 1.807) is 0 Å². The molecule has 29 heavy (non-hydrogen) atoms. The van der Waals surface area contributed by atoms with Gasteiger partial charge in [0.05, 0.1) is 5.52 Å². The Morgan fingerprint density at radius 1 is 1.03 bits per heavy atom. The van der Waals surface area contributed by atoms with E-state index < -0.39 is 6.04 Å². The van der Waals surface area contributed by atoms with Crippen LogP contribution in [0.25, 0.3) is 22.2 Å². The molecule has 2 heterocycles. The molecule has 144 valence electrons. The van der Waals surface area contributed by atoms with Crippen LogP contribution in [0.1, 0.15) is 18.5 Å². The van der Waals surface area contributed by atoms with Gasteiger partial charge in [-0.05, 0) is 43.2 Å². The van der Waals surface area contributed by atoms with Crippen molar-refractivity contribution in [2.75, 3.05) is 11.4 Å². The quantitative estimate of drug-likeness (QED) is 0.454. The minimum atomic E-state index is -0.428. The molecule has 5 heteroatoms. The summed E-state index contributed by atoms with van der Waals surface area (Å²) in [6, 6.07) is 23.4. The molecule has 0 bridgehead atoms. The Bertz CT molecular complexity index is 1220. The van der Waals surface area contributed by atoms with E-state index in [9.17, 15) is 4.79 Å². The lowest BCUT2D eigenvalue weighted by Crippen LogP contribution is -2.35. The lowest BCUT2D eigenvalue weighted by atomic mass is 10.1. The number of hydrogen-bond donors (Lipinski definition) is 0. The second-order valence-corrected chi connectivity index (χ2v) is 7.80. The van der Waals surface area contributed by atoms with Crippen LogP contribution in [-0.2, 0) is 11.2 Å². The fourth-order valence-electron chi connectivity index (χ4n) is 4.11. The van der Waals surface area contributed by atoms with Crippen LogP contribution in [0.5, 0.6) is 0 Å². The molecule has 1 unspecified atom stereocenters. The molecule has 3 aromatic carbocycles. The monoisotopic (exact) mass is 401 g/mol. The largest absolute Gasteiger partial charge is 0.310 e. The molecule has 1 aliphatic rings. The Hall–Kier alpha value is -3.11. The normalized spacial score (nSPS) is 14.2. The van der Waals surface area contributed by atoms with Crippen molar-refractivity contribution < 1.29 is 4.79 Å². The van der Waals surface area contributed by atoms with Crippen LogP contribution in [0.2, 0.25) is 5.02 Å². The molecule has 0 radical (unpaired) electrons. The van der Waals surface area contributed by atoms with E-state index in [1.165, 1.54) is 5.56 Å². The molecule has 4 aromatic rings. The smallest absolute Gasteiger partial charge is 0.251 e. The van der Waals surface area contributed by atoms with E-state index in [4.69, 9.17) is 16.7 Å². The van der Waals surface area contributed by atoms with E-state index in [-0.39, 0.29) is 5.91 Å². The molecule has 1 aromatic heterocycles. The second-order valence-electron chi connectivity index (χ2n) is 7.37. The highest BCUT2D eigenvalue weighted by Crippen LogP contribution is 2.34. The Morgan fingerprint density at radius 2 is 1.79 bits per heavy atom. The molecule has 1 atom stereocenters. The molecule has 1 aliphatic heterocycles. The summed E-state index contributed by atoms with van der Waals surface area (Å²) in [6.07, 6.45) is 0.888. The van der Waals surface area contributed by atoms with Gasteiger partial charge in [-0.15, -0.1) is 0 Å². The first-order valence-corrected chi connectivity index (χ1v) is 10.1. The van der Waals surface area contributed by atoms with Crippen molar-refractivity contribution in [2.45, 2.75) is 19.4 Å². The van der Waals surface area contributed by atoms with Crippen molar-refractivity contribution in [1.29, 1.82) is 0 Å². The average Bonchev–Trinajstić information content (AvgIpc) is 3.35. The van der Waals surface area contributed by atoms with Gasteiger partial charge in [-0.3, -0.25) is 9.48 Å². The third-order valence-corrected chi connectivity index (χ3v) is 5.83. The third-order valence-electron chi connectivity index (χ3n) is 5.59. The number of halogens is 1. The summed E-state index contributed by atoms with van der Waals surface area (Å²) < 4.78 is 1.83. The number of carbonyl (C=O) groups excluding carboxylic acids is 1. The van der Waals surface area contributed by atoms with Gasteiger partial charge < -0.3 is 4.90 Å². The zero-order valence-electron chi connectivity index (χ0n) is 16.0. The Morgan fingerprint density at radius 3 is 2.62 bits per heavy atom. The summed E-state index contributed by atoms with van der Waals surface area (Å²) in [7, 11) is 0. The molecule has 4 nitrogen and oxygen atoms in total. The van der Waals surface area contributed by atoms with Crippen LogP contribution in [0.4, 0.5) is 5.69 Å². The Kier molecular flexibility index (Phi) is 4.36. The van der Waals surface area contributed by atoms with Gasteiger partial charge in [-0.25, -0.2) is 0 Å². The van der Waals surface area contributed by atoms with E-state index in [1.807, 2.05) is 83.2 Å². The number of benzene rings is 3. The molecule has 1 amide bonds. The van der Waals surface area contributed by atoms with Gasteiger partial charge in [0.2, 0.25) is 0 Å². The van der Waals surface area contributed by atoms with E-state index in [0.29, 0.717) is 11.6 Å². The van der Waals surface area contributed by atoms with Crippen LogP contribution in [-0.4, -0.2) is 22.2 Å². The first-order valence-electron chi connectivity index (χ1n) is 9.76. The van der Waals surface area contributed by atoms with E-state index in [2.05, 4.69) is 6.07 Å². The minimum absolute atomic E-state index is 0.0499. The standard InChI is InChI=1S/C24H20ClN3O/c1-16(24(29)27-14-13-17-7-5-6-10-21(17)27)28-22-12-11-19(25)15-20(22)23(26-28)18-8-3-2-4-9-18/h2-12,15-16H,13-14H2,1H3. The van der Waals surface area contributed by atoms with Gasteiger partial charge in [-0.2, -0.15) is 5.10 Å². The Labute approximate surface area is 174 Å². The number of nitrogens with zero attached hydrogens (tertiary/aromatic N) is 3. The zero-order valence-corrected chi connectivity index (χ0v) is 16.8. The van der Waals surface area contributed by atoms with Crippen LogP contribution in [0.3, 0.4) is 0 Å². The number of para-hydroxylation sites is 1. The van der Waals surface area contributed by atoms with Crippen LogP contribution in [0, 0.1) is 0 Å². The number of carbonyl (C=O) groups is 1. The molecule has 0 saturated carbocycles. The van der Waals surface area contributed by atoms with Gasteiger partial charge in [0, 0.05) is 28.2 Å². The summed E-state index contributed by atoms with van der Waals surface area (Å²) in [5, 5.41) is 6.46. The predicted molar refractivity (Wildman–Crippen MR) is 117 cm³/mol. The van der Waals surface area contributed by atoms with Crippen molar-refractivity contribution in [2.24, 2.45) is 0 Å². The molecule has 0 N–H and O–H groups in total. The molecular formula is C24H20ClN3O. The fourth-order valence-corrected chi connectivity index (χ4v) is 4.29. The molecule has 0 spiro atoms. The lowest BCUT2D eigenvalue weighted by Gasteiger charge is -2.22. The highest BCUT2D eigenvalue weighted by Gasteiger charge is 2.30. The number of rotatable bonds is 3. The number of anilines is 1. The minimum Gasteiger partial charge on any atom is -0.310 e. The lowest BCUT2D eigenvalue weighted by molar-refractivity contribution is -0.121. The number of aromatic nitrogens is 2. The van der Waals surface area contributed by atoms with E-state index >= 15 is 0 Å². The summed E-state index contributed by atoms with van der Waals surface area (Å²) in [6.45, 7) is 2.62. The number of fused-ring (bicyclic) bond motifs is 2. The van der Waals surface area contributed by atoms with Crippen molar-refractivity contribution in [3.05, 3.63) is 83.4 Å². The summed E-state index contributed by atoms with van der Waals surface area (Å²) in [5.74, 6) is 0.0499. The predicted octanol–water partition coefficient (Wildman–Crippen LogP) is 5.51. The molecular weight excluding hydrogens is 382 g/mol. The molecule has 5 rings (SSSR count). The maximum Gasteiger partial charge on any atom is 0.251 e. The second kappa shape index (κ2) is 7.05. The Balaban J connectivity index is 1.59. The maximum absolute atomic E-state index is 13.4. The first-order chi connectivity index (χ1) is 14.1. The van der Waals surface area contributed by atoms with Crippen molar-refractivity contribution in [3.63, 3.8) is 0 Å². The maximum atomic E-state index is 13.4. The first kappa shape index (κ1) is 18.0. The third kappa shape index (κ3) is 3.00. The zero-order chi connectivity index (χ0) is 20.0. The highest BCUT2D eigenvalue weighted by atomic mass is 35.5. The van der Waals surface area contributed by atoms with Crippen LogP contribution >= 0.6 is 11.6 Å². The highest BCUT2D eigenvalue weighted by molar-refractivity contribution is 6.31. The van der Waals surface area contributed by atoms with Crippen LogP contribution in [0.15, 0.2) is 72.8 Å². The van der Waals surface area contributed by atoms with Crippen molar-refractivity contribution in [3.8, 4) is 11.3 Å². The van der Waals surface area contributed by atoms with Crippen LogP contribution < -0.4 is 4.90 Å².